The zero-order valence-electron chi connectivity index (χ0n) is 24.9. The summed E-state index contributed by atoms with van der Waals surface area (Å²) in [4.78, 5) is 22.9. The Morgan fingerprint density at radius 1 is 1.28 bits per heavy atom. The summed E-state index contributed by atoms with van der Waals surface area (Å²) in [5.74, 6) is -0.572. The predicted octanol–water partition coefficient (Wildman–Crippen LogP) is 4.99. The molecular weight excluding hydrogens is 547 g/mol. The Hall–Kier alpha value is -4.20. The number of nitriles is 1. The van der Waals surface area contributed by atoms with Gasteiger partial charge in [-0.15, -0.1) is 0 Å². The third kappa shape index (κ3) is 6.74. The fourth-order valence-corrected chi connectivity index (χ4v) is 6.03. The number of likely N-dealkylation sites (tertiary alicyclic amines) is 1. The summed E-state index contributed by atoms with van der Waals surface area (Å²) in [6.07, 6.45) is 4.81. The summed E-state index contributed by atoms with van der Waals surface area (Å²) in [7, 11) is 1.83. The summed E-state index contributed by atoms with van der Waals surface area (Å²) in [5, 5.41) is 22.2. The highest BCUT2D eigenvalue weighted by Crippen LogP contribution is 2.37. The Balaban J connectivity index is 1.19. The molecule has 43 heavy (non-hydrogen) atoms. The normalized spacial score (nSPS) is 20.5. The highest BCUT2D eigenvalue weighted by Gasteiger charge is 2.35. The number of carboxylic acids is 1. The third-order valence-corrected chi connectivity index (χ3v) is 8.73. The summed E-state index contributed by atoms with van der Waals surface area (Å²) in [5.41, 5.74) is 4.56. The largest absolute Gasteiger partial charge is 0.478 e. The minimum absolute atomic E-state index is 0.0202. The second-order valence-electron chi connectivity index (χ2n) is 11.6. The van der Waals surface area contributed by atoms with Crippen LogP contribution in [0.3, 0.4) is 0 Å². The highest BCUT2D eigenvalue weighted by molar-refractivity contribution is 5.97. The SMILES string of the molecule is C=C/C(=N\C(=C)N(C)Cc1c(C)cc(C#N)cc1F)C1CCN(CC2Nc3ccc(C(=O)O)cc3N2CC2CCO2)CC1. The van der Waals surface area contributed by atoms with Gasteiger partial charge >= 0.3 is 5.97 Å². The molecule has 2 unspecified atom stereocenters. The molecule has 0 saturated carbocycles. The van der Waals surface area contributed by atoms with Crippen LogP contribution in [0.1, 0.15) is 46.3 Å². The summed E-state index contributed by atoms with van der Waals surface area (Å²) < 4.78 is 20.4. The quantitative estimate of drug-likeness (QED) is 0.355. The Bertz CT molecular complexity index is 1450. The van der Waals surface area contributed by atoms with Crippen LogP contribution in [-0.2, 0) is 11.3 Å². The summed E-state index contributed by atoms with van der Waals surface area (Å²) >= 11 is 0. The molecule has 0 spiro atoms. The number of benzene rings is 2. The van der Waals surface area contributed by atoms with Gasteiger partial charge < -0.3 is 25.0 Å². The highest BCUT2D eigenvalue weighted by atomic mass is 19.1. The zero-order valence-corrected chi connectivity index (χ0v) is 24.9. The summed E-state index contributed by atoms with van der Waals surface area (Å²) in [6.45, 7) is 14.3. The van der Waals surface area contributed by atoms with Crippen molar-refractivity contribution < 1.29 is 19.0 Å². The molecule has 0 bridgehead atoms. The van der Waals surface area contributed by atoms with Gasteiger partial charge in [0.25, 0.3) is 0 Å². The van der Waals surface area contributed by atoms with Crippen molar-refractivity contribution >= 4 is 23.1 Å². The first-order valence-corrected chi connectivity index (χ1v) is 14.7. The van der Waals surface area contributed by atoms with Crippen LogP contribution in [0, 0.1) is 30.0 Å². The van der Waals surface area contributed by atoms with E-state index in [1.54, 1.807) is 31.2 Å². The van der Waals surface area contributed by atoms with E-state index in [9.17, 15) is 14.3 Å². The second kappa shape index (κ2) is 13.0. The minimum atomic E-state index is -0.932. The van der Waals surface area contributed by atoms with Crippen molar-refractivity contribution in [3.05, 3.63) is 83.5 Å². The number of halogens is 1. The van der Waals surface area contributed by atoms with Gasteiger partial charge in [0.15, 0.2) is 0 Å². The van der Waals surface area contributed by atoms with E-state index in [4.69, 9.17) is 15.0 Å². The molecule has 226 valence electrons. The molecule has 0 radical (unpaired) electrons. The summed E-state index contributed by atoms with van der Waals surface area (Å²) in [6, 6.07) is 10.2. The lowest BCUT2D eigenvalue weighted by Crippen LogP contribution is -2.51. The number of piperidine rings is 1. The van der Waals surface area contributed by atoms with Gasteiger partial charge in [0.05, 0.1) is 34.7 Å². The van der Waals surface area contributed by atoms with Gasteiger partial charge in [0, 0.05) is 50.5 Å². The van der Waals surface area contributed by atoms with Crippen LogP contribution in [0.2, 0.25) is 0 Å². The first-order chi connectivity index (χ1) is 20.7. The standard InChI is InChI=1S/C33H39FN6O3/c1-5-29(36-22(3)38(4)19-27-21(2)14-23(17-35)15-28(27)34)24-8-11-39(12-9-24)20-32-37-30-7-6-25(33(41)42)16-31(30)40(32)18-26-10-13-43-26/h5-7,14-16,24,26,32,37H,1,3,8-13,18-20H2,2,4H3,(H,41,42)/b36-29+. The Kier molecular flexibility index (Phi) is 9.14. The molecule has 2 saturated heterocycles. The lowest BCUT2D eigenvalue weighted by Gasteiger charge is -2.38. The van der Waals surface area contributed by atoms with Gasteiger partial charge in [-0.3, -0.25) is 4.90 Å². The maximum absolute atomic E-state index is 14.7. The van der Waals surface area contributed by atoms with Crippen LogP contribution in [0.5, 0.6) is 0 Å². The fourth-order valence-electron chi connectivity index (χ4n) is 6.03. The average Bonchev–Trinajstić information content (AvgIpc) is 3.31. The maximum Gasteiger partial charge on any atom is 0.335 e. The molecule has 0 aliphatic carbocycles. The molecule has 2 atom stereocenters. The van der Waals surface area contributed by atoms with Gasteiger partial charge in [-0.25, -0.2) is 14.2 Å². The average molecular weight is 587 g/mol. The monoisotopic (exact) mass is 586 g/mol. The van der Waals surface area contributed by atoms with E-state index in [0.717, 1.165) is 74.7 Å². The minimum Gasteiger partial charge on any atom is -0.478 e. The van der Waals surface area contributed by atoms with Crippen molar-refractivity contribution in [1.29, 1.82) is 5.26 Å². The fraction of sp³-hybridized carbons (Fsp3) is 0.424. The van der Waals surface area contributed by atoms with Crippen molar-refractivity contribution in [2.24, 2.45) is 10.9 Å². The lowest BCUT2D eigenvalue weighted by molar-refractivity contribution is -0.0452. The number of rotatable bonds is 11. The van der Waals surface area contributed by atoms with Crippen molar-refractivity contribution in [1.82, 2.24) is 9.80 Å². The molecule has 9 nitrogen and oxygen atoms in total. The van der Waals surface area contributed by atoms with E-state index in [1.807, 2.05) is 24.1 Å². The van der Waals surface area contributed by atoms with Crippen LogP contribution < -0.4 is 10.2 Å². The van der Waals surface area contributed by atoms with Gasteiger partial charge in [-0.2, -0.15) is 5.26 Å². The van der Waals surface area contributed by atoms with Gasteiger partial charge in [0.2, 0.25) is 0 Å². The van der Waals surface area contributed by atoms with E-state index < -0.39 is 11.8 Å². The number of aryl methyl sites for hydroxylation is 1. The van der Waals surface area contributed by atoms with Crippen molar-refractivity contribution in [2.75, 3.05) is 50.1 Å². The molecule has 10 heteroatoms. The smallest absolute Gasteiger partial charge is 0.335 e. The number of hydrogen-bond acceptors (Lipinski definition) is 8. The molecule has 3 aliphatic heterocycles. The molecule has 0 aromatic heterocycles. The van der Waals surface area contributed by atoms with E-state index in [2.05, 4.69) is 28.3 Å². The van der Waals surface area contributed by atoms with Crippen LogP contribution in [0.25, 0.3) is 0 Å². The number of aliphatic imine (C=N–C) groups is 1. The number of nitrogens with one attached hydrogen (secondary N) is 1. The van der Waals surface area contributed by atoms with Crippen LogP contribution >= 0.6 is 0 Å². The number of fused-ring (bicyclic) bond motifs is 1. The number of anilines is 2. The van der Waals surface area contributed by atoms with Gasteiger partial charge in [-0.1, -0.05) is 13.2 Å². The maximum atomic E-state index is 14.7. The second-order valence-corrected chi connectivity index (χ2v) is 11.6. The number of allylic oxidation sites excluding steroid dienone is 1. The van der Waals surface area contributed by atoms with Crippen LogP contribution in [-0.4, -0.2) is 78.7 Å². The first-order valence-electron chi connectivity index (χ1n) is 14.7. The number of nitrogens with zero attached hydrogens (tertiary/aromatic N) is 5. The van der Waals surface area contributed by atoms with Gasteiger partial charge in [0.1, 0.15) is 17.8 Å². The van der Waals surface area contributed by atoms with E-state index in [-0.39, 0.29) is 23.8 Å². The molecule has 3 aliphatic rings. The van der Waals surface area contributed by atoms with Crippen molar-refractivity contribution in [2.45, 2.75) is 45.0 Å². The number of aromatic carboxylic acids is 1. The van der Waals surface area contributed by atoms with Gasteiger partial charge in [-0.05, 0) is 81.2 Å². The van der Waals surface area contributed by atoms with E-state index in [1.165, 1.54) is 6.07 Å². The Morgan fingerprint density at radius 3 is 2.63 bits per heavy atom. The Morgan fingerprint density at radius 2 is 2.02 bits per heavy atom. The Labute approximate surface area is 252 Å². The predicted molar refractivity (Wildman–Crippen MR) is 166 cm³/mol. The molecule has 2 aromatic carbocycles. The lowest BCUT2D eigenvalue weighted by atomic mass is 9.91. The topological polar surface area (TPSA) is 104 Å². The van der Waals surface area contributed by atoms with Crippen molar-refractivity contribution in [3.63, 3.8) is 0 Å². The molecule has 2 aromatic rings. The molecule has 0 amide bonds. The molecule has 2 N–H and O–H groups in total. The molecule has 5 rings (SSSR count). The van der Waals surface area contributed by atoms with Crippen molar-refractivity contribution in [3.8, 4) is 6.07 Å². The first kappa shape index (κ1) is 30.3. The molecule has 2 fully saturated rings. The molecular formula is C33H39FN6O3. The number of carbonyl (C=O) groups is 1. The number of carboxylic acid groups (broad SMARTS) is 1. The van der Waals surface area contributed by atoms with Crippen LogP contribution in [0.15, 0.2) is 60.4 Å². The third-order valence-electron chi connectivity index (χ3n) is 8.73. The number of hydrogen-bond donors (Lipinski definition) is 2. The van der Waals surface area contributed by atoms with E-state index >= 15 is 0 Å². The van der Waals surface area contributed by atoms with E-state index in [0.29, 0.717) is 23.5 Å². The molecule has 3 heterocycles. The van der Waals surface area contributed by atoms with Crippen LogP contribution in [0.4, 0.5) is 15.8 Å². The zero-order chi connectivity index (χ0) is 30.7. The number of ether oxygens (including phenoxy) is 1.